The number of likely N-dealkylation sites (tertiary alicyclic amines) is 2. The van der Waals surface area contributed by atoms with Gasteiger partial charge < -0.3 is 39.9 Å². The molecule has 2 saturated heterocycles. The molecule has 4 aliphatic rings. The van der Waals surface area contributed by atoms with E-state index in [4.69, 9.17) is 19.4 Å². The maximum atomic E-state index is 13.8. The second kappa shape index (κ2) is 18.0. The number of rotatable bonds is 11. The van der Waals surface area contributed by atoms with Crippen LogP contribution in [0.5, 0.6) is 0 Å². The molecule has 8 rings (SSSR count). The lowest BCUT2D eigenvalue weighted by Gasteiger charge is -2.33. The van der Waals surface area contributed by atoms with E-state index in [1.54, 1.807) is 0 Å². The van der Waals surface area contributed by atoms with Crippen molar-refractivity contribution in [1.29, 1.82) is 0 Å². The lowest BCUT2D eigenvalue weighted by atomic mass is 9.72. The van der Waals surface area contributed by atoms with Gasteiger partial charge in [0.1, 0.15) is 23.7 Å². The molecule has 2 aliphatic carbocycles. The number of alkyl carbamates (subject to hydrolysis) is 2. The van der Waals surface area contributed by atoms with Gasteiger partial charge in [0.15, 0.2) is 0 Å². The summed E-state index contributed by atoms with van der Waals surface area (Å²) in [6, 6.07) is 11.4. The second-order valence-electron chi connectivity index (χ2n) is 18.6. The van der Waals surface area contributed by atoms with Crippen molar-refractivity contribution >= 4 is 24.0 Å². The van der Waals surface area contributed by atoms with Gasteiger partial charge in [0.05, 0.1) is 50.1 Å². The van der Waals surface area contributed by atoms with Crippen molar-refractivity contribution in [3.05, 3.63) is 71.6 Å². The van der Waals surface area contributed by atoms with E-state index in [9.17, 15) is 19.2 Å². The first-order valence-electron chi connectivity index (χ1n) is 22.6. The van der Waals surface area contributed by atoms with Crippen molar-refractivity contribution in [3.63, 3.8) is 0 Å². The Morgan fingerprint density at radius 2 is 1.11 bits per heavy atom. The number of amides is 4. The van der Waals surface area contributed by atoms with Crippen LogP contribution in [-0.2, 0) is 31.9 Å². The largest absolute Gasteiger partial charge is 0.453 e. The van der Waals surface area contributed by atoms with Gasteiger partial charge in [-0.3, -0.25) is 9.59 Å². The summed E-state index contributed by atoms with van der Waals surface area (Å²) in [7, 11) is 2.61. The fourth-order valence-corrected chi connectivity index (χ4v) is 10.6. The minimum absolute atomic E-state index is 0.104. The fourth-order valence-electron chi connectivity index (χ4n) is 10.6. The number of hydrogen-bond donors (Lipinski definition) is 4. The van der Waals surface area contributed by atoms with Crippen molar-refractivity contribution in [2.75, 3.05) is 27.3 Å². The number of aromatic nitrogens is 4. The summed E-state index contributed by atoms with van der Waals surface area (Å²) in [5.74, 6) is 1.06. The molecule has 4 unspecified atom stereocenters. The second-order valence-corrected chi connectivity index (χ2v) is 18.6. The molecule has 4 amide bonds. The van der Waals surface area contributed by atoms with Gasteiger partial charge in [-0.25, -0.2) is 19.6 Å². The van der Waals surface area contributed by atoms with E-state index >= 15 is 0 Å². The van der Waals surface area contributed by atoms with Crippen LogP contribution >= 0.6 is 0 Å². The molecular weight excluding hydrogens is 785 g/mol. The van der Waals surface area contributed by atoms with Crippen LogP contribution in [-0.4, -0.2) is 93.1 Å². The molecule has 2 aromatic carbocycles. The van der Waals surface area contributed by atoms with Gasteiger partial charge in [0, 0.05) is 18.7 Å². The maximum absolute atomic E-state index is 13.8. The number of hydrogen-bond acceptors (Lipinski definition) is 8. The third-order valence-electron chi connectivity index (χ3n) is 13.9. The number of imidazole rings is 2. The lowest BCUT2D eigenvalue weighted by molar-refractivity contribution is -0.136. The van der Waals surface area contributed by atoms with E-state index in [1.807, 2.05) is 49.9 Å². The van der Waals surface area contributed by atoms with Crippen LogP contribution in [0.4, 0.5) is 9.59 Å². The number of methoxy groups -OCH3 is 2. The first kappa shape index (κ1) is 43.0. The van der Waals surface area contributed by atoms with Crippen molar-refractivity contribution in [1.82, 2.24) is 40.4 Å². The molecule has 14 heteroatoms. The van der Waals surface area contributed by atoms with Crippen molar-refractivity contribution in [3.8, 4) is 33.6 Å². The van der Waals surface area contributed by atoms with Crippen LogP contribution in [0.15, 0.2) is 48.8 Å². The number of fused-ring (bicyclic) bond motifs is 1. The molecule has 1 saturated carbocycles. The Hall–Kier alpha value is -5.66. The zero-order chi connectivity index (χ0) is 43.7. The van der Waals surface area contributed by atoms with Crippen LogP contribution in [0.1, 0.15) is 120 Å². The molecule has 1 spiro atoms. The molecule has 62 heavy (non-hydrogen) atoms. The predicted octanol–water partition coefficient (Wildman–Crippen LogP) is 8.27. The van der Waals surface area contributed by atoms with E-state index in [-0.39, 0.29) is 41.1 Å². The Kier molecular flexibility index (Phi) is 12.5. The lowest BCUT2D eigenvalue weighted by Crippen LogP contribution is -2.51. The number of carbonyl (C=O) groups is 4. The van der Waals surface area contributed by atoms with Crippen LogP contribution in [0.2, 0.25) is 0 Å². The van der Waals surface area contributed by atoms with Crippen molar-refractivity contribution in [2.24, 2.45) is 17.3 Å². The molecule has 0 radical (unpaired) electrons. The van der Waals surface area contributed by atoms with E-state index in [0.717, 1.165) is 67.1 Å². The number of nitrogens with zero attached hydrogens (tertiary/aromatic N) is 4. The minimum atomic E-state index is -0.688. The average molecular weight is 847 g/mol. The Labute approximate surface area is 364 Å². The third kappa shape index (κ3) is 8.44. The topological polar surface area (TPSA) is 175 Å². The maximum Gasteiger partial charge on any atom is 0.407 e. The Bertz CT molecular complexity index is 2270. The highest BCUT2D eigenvalue weighted by Crippen LogP contribution is 2.52. The first-order valence-corrected chi connectivity index (χ1v) is 22.6. The van der Waals surface area contributed by atoms with Gasteiger partial charge in [0.2, 0.25) is 11.8 Å². The molecule has 3 fully saturated rings. The minimum Gasteiger partial charge on any atom is -0.453 e. The van der Waals surface area contributed by atoms with Gasteiger partial charge in [0.25, 0.3) is 0 Å². The summed E-state index contributed by atoms with van der Waals surface area (Å²) in [6.07, 6.45) is 14.2. The van der Waals surface area contributed by atoms with E-state index in [1.165, 1.54) is 74.1 Å². The van der Waals surface area contributed by atoms with Crippen LogP contribution in [0, 0.1) is 17.3 Å². The van der Waals surface area contributed by atoms with E-state index in [2.05, 4.69) is 57.0 Å². The number of H-pyrrole nitrogens is 2. The third-order valence-corrected chi connectivity index (χ3v) is 13.9. The molecule has 4 heterocycles. The molecule has 4 aromatic rings. The average Bonchev–Trinajstić information content (AvgIpc) is 4.13. The number of ether oxygens (including phenoxy) is 2. The summed E-state index contributed by atoms with van der Waals surface area (Å²) in [4.78, 5) is 72.3. The molecule has 2 aromatic heterocycles. The van der Waals surface area contributed by atoms with Gasteiger partial charge in [-0.05, 0) is 96.4 Å². The monoisotopic (exact) mass is 846 g/mol. The van der Waals surface area contributed by atoms with Crippen LogP contribution in [0.25, 0.3) is 33.6 Å². The first-order chi connectivity index (χ1) is 29.9. The summed E-state index contributed by atoms with van der Waals surface area (Å²) in [6.45, 7) is 8.89. The number of nitrogens with one attached hydrogen (secondary N) is 4. The normalized spacial score (nSPS) is 20.4. The van der Waals surface area contributed by atoms with Gasteiger partial charge in [-0.15, -0.1) is 0 Å². The van der Waals surface area contributed by atoms with Crippen LogP contribution < -0.4 is 10.6 Å². The standard InChI is InChI=1S/C48H62N8O6/c1-28(2)40(53-46(59)61-5)44(57)55-22-10-12-38(55)42-49-26-36(51-42)31-16-14-30(15-17-31)32-18-19-33(35-25-48(24-34(32)35)20-8-7-9-21-48)37-27-50-43(52-37)39-13-11-23-56(39)45(58)41(29(3)4)54-47(60)62-6/h14-19,26-29,38-41H,7-13,20-25H2,1-6H3,(H,49,51)(H,50,52)(H,53,59)(H,54,60). The highest BCUT2D eigenvalue weighted by Gasteiger charge is 2.42. The van der Waals surface area contributed by atoms with E-state index < -0.39 is 24.3 Å². The van der Waals surface area contributed by atoms with Gasteiger partial charge >= 0.3 is 12.2 Å². The smallest absolute Gasteiger partial charge is 0.407 e. The van der Waals surface area contributed by atoms with Crippen LogP contribution in [0.3, 0.4) is 0 Å². The zero-order valence-corrected chi connectivity index (χ0v) is 37.0. The Morgan fingerprint density at radius 1 is 0.645 bits per heavy atom. The Morgan fingerprint density at radius 3 is 1.63 bits per heavy atom. The highest BCUT2D eigenvalue weighted by atomic mass is 16.5. The predicted molar refractivity (Wildman–Crippen MR) is 236 cm³/mol. The fraction of sp³-hybridized carbons (Fsp3) is 0.542. The molecule has 330 valence electrons. The molecule has 2 aliphatic heterocycles. The van der Waals surface area contributed by atoms with Gasteiger partial charge in [-0.2, -0.15) is 0 Å². The Balaban J connectivity index is 1.04. The number of aromatic amines is 2. The molecule has 4 atom stereocenters. The summed E-state index contributed by atoms with van der Waals surface area (Å²) < 4.78 is 9.63. The summed E-state index contributed by atoms with van der Waals surface area (Å²) in [5.41, 5.74) is 9.53. The summed E-state index contributed by atoms with van der Waals surface area (Å²) >= 11 is 0. The quantitative estimate of drug-likeness (QED) is 0.117. The molecular formula is C48H62N8O6. The zero-order valence-electron chi connectivity index (χ0n) is 37.0. The van der Waals surface area contributed by atoms with Crippen molar-refractivity contribution < 1.29 is 28.7 Å². The van der Waals surface area contributed by atoms with Gasteiger partial charge in [-0.1, -0.05) is 83.4 Å². The molecule has 14 nitrogen and oxygen atoms in total. The number of carbonyl (C=O) groups excluding carboxylic acids is 4. The SMILES string of the molecule is COC(=O)NC(C(=O)N1CCCC1c1ncc(-c2ccc(-c3ccc(-c4cnc(C5CCCN5C(=O)C(NC(=O)OC)C(C)C)[nH]4)c4c3CC3(CCCCC3)C4)cc2)[nH]1)C(C)C. The number of benzene rings is 2. The molecule has 0 bridgehead atoms. The summed E-state index contributed by atoms with van der Waals surface area (Å²) in [5, 5.41) is 5.47. The van der Waals surface area contributed by atoms with E-state index in [0.29, 0.717) is 13.1 Å². The highest BCUT2D eigenvalue weighted by molar-refractivity contribution is 5.87. The van der Waals surface area contributed by atoms with Crippen molar-refractivity contribution in [2.45, 2.75) is 122 Å². The molecule has 4 N–H and O–H groups in total.